The zero-order valence-corrected chi connectivity index (χ0v) is 16.6. The van der Waals surface area contributed by atoms with Crippen molar-refractivity contribution in [3.05, 3.63) is 60.0 Å². The first kappa shape index (κ1) is 20.8. The summed E-state index contributed by atoms with van der Waals surface area (Å²) in [6.07, 6.45) is 0.0446. The number of hydrogen-bond donors (Lipinski definition) is 2. The number of fused-ring (bicyclic) bond motifs is 2. The smallest absolute Gasteiger partial charge is 0.419 e. The predicted molar refractivity (Wildman–Crippen MR) is 105 cm³/mol. The SMILES string of the molecule is OC(c1c(F)cccc1-c1ncco1)N1CC2CC(Nc3ncc(C(F)(F)F)cn3)C1C2. The van der Waals surface area contributed by atoms with E-state index in [0.29, 0.717) is 12.1 Å². The number of oxazole rings is 1. The second-order valence-electron chi connectivity index (χ2n) is 8.06. The van der Waals surface area contributed by atoms with Crippen LogP contribution in [0.25, 0.3) is 11.5 Å². The summed E-state index contributed by atoms with van der Waals surface area (Å²) in [7, 11) is 0. The minimum absolute atomic E-state index is 0.0760. The van der Waals surface area contributed by atoms with Gasteiger partial charge in [-0.3, -0.25) is 4.90 Å². The molecule has 1 saturated heterocycles. The molecule has 1 aliphatic heterocycles. The van der Waals surface area contributed by atoms with Crippen LogP contribution < -0.4 is 5.32 Å². The summed E-state index contributed by atoms with van der Waals surface area (Å²) in [6.45, 7) is 0.567. The fourth-order valence-electron chi connectivity index (χ4n) is 4.73. The van der Waals surface area contributed by atoms with Crippen molar-refractivity contribution in [1.29, 1.82) is 0 Å². The average Bonchev–Trinajstić information content (AvgIpc) is 3.50. The van der Waals surface area contributed by atoms with Gasteiger partial charge in [-0.1, -0.05) is 6.07 Å². The Labute approximate surface area is 180 Å². The summed E-state index contributed by atoms with van der Waals surface area (Å²) in [5.41, 5.74) is -0.487. The zero-order chi connectivity index (χ0) is 22.5. The molecule has 5 rings (SSSR count). The highest BCUT2D eigenvalue weighted by Crippen LogP contribution is 2.44. The molecule has 11 heteroatoms. The first-order chi connectivity index (χ1) is 15.3. The maximum absolute atomic E-state index is 14.8. The minimum atomic E-state index is -4.51. The largest absolute Gasteiger partial charge is 0.445 e. The van der Waals surface area contributed by atoms with E-state index in [1.165, 1.54) is 24.6 Å². The number of hydrogen-bond acceptors (Lipinski definition) is 7. The Morgan fingerprint density at radius 1 is 1.16 bits per heavy atom. The molecule has 4 unspecified atom stereocenters. The van der Waals surface area contributed by atoms with Crippen molar-refractivity contribution in [3.8, 4) is 11.5 Å². The monoisotopic (exact) mass is 449 g/mol. The maximum Gasteiger partial charge on any atom is 0.419 e. The number of aliphatic hydroxyl groups is 1. The molecule has 1 aromatic carbocycles. The lowest BCUT2D eigenvalue weighted by atomic mass is 10.0. The van der Waals surface area contributed by atoms with Gasteiger partial charge in [-0.25, -0.2) is 19.3 Å². The summed E-state index contributed by atoms with van der Waals surface area (Å²) in [5, 5.41) is 14.2. The van der Waals surface area contributed by atoms with Crippen LogP contribution in [0, 0.1) is 11.7 Å². The first-order valence-electron chi connectivity index (χ1n) is 10.1. The Kier molecular flexibility index (Phi) is 5.09. The Morgan fingerprint density at radius 2 is 1.94 bits per heavy atom. The van der Waals surface area contributed by atoms with Gasteiger partial charge in [0.2, 0.25) is 11.8 Å². The molecule has 2 bridgehead atoms. The van der Waals surface area contributed by atoms with E-state index in [2.05, 4.69) is 20.3 Å². The molecule has 1 aliphatic carbocycles. The van der Waals surface area contributed by atoms with Gasteiger partial charge in [0.15, 0.2) is 0 Å². The van der Waals surface area contributed by atoms with Crippen LogP contribution in [0.15, 0.2) is 47.5 Å². The Morgan fingerprint density at radius 3 is 2.59 bits per heavy atom. The van der Waals surface area contributed by atoms with Crippen molar-refractivity contribution in [2.75, 3.05) is 11.9 Å². The number of aromatic nitrogens is 3. The zero-order valence-electron chi connectivity index (χ0n) is 16.6. The van der Waals surface area contributed by atoms with Gasteiger partial charge in [-0.05, 0) is 30.9 Å². The third kappa shape index (κ3) is 3.71. The van der Waals surface area contributed by atoms with Crippen LogP contribution in [0.5, 0.6) is 0 Å². The molecule has 2 N–H and O–H groups in total. The molecule has 32 heavy (non-hydrogen) atoms. The van der Waals surface area contributed by atoms with Crippen molar-refractivity contribution in [2.24, 2.45) is 5.92 Å². The average molecular weight is 449 g/mol. The molecular weight excluding hydrogens is 430 g/mol. The van der Waals surface area contributed by atoms with Crippen LogP contribution in [-0.2, 0) is 6.18 Å². The van der Waals surface area contributed by atoms with Crippen LogP contribution in [0.4, 0.5) is 23.5 Å². The lowest BCUT2D eigenvalue weighted by molar-refractivity contribution is -0.138. The molecule has 1 saturated carbocycles. The second-order valence-corrected chi connectivity index (χ2v) is 8.06. The van der Waals surface area contributed by atoms with Crippen LogP contribution in [-0.4, -0.2) is 43.6 Å². The molecular formula is C21H19F4N5O2. The number of aliphatic hydroxyl groups excluding tert-OH is 1. The van der Waals surface area contributed by atoms with E-state index < -0.39 is 23.8 Å². The highest BCUT2D eigenvalue weighted by Gasteiger charge is 2.48. The number of alkyl halides is 3. The van der Waals surface area contributed by atoms with E-state index in [1.807, 2.05) is 0 Å². The van der Waals surface area contributed by atoms with E-state index in [0.717, 1.165) is 25.2 Å². The van der Waals surface area contributed by atoms with Gasteiger partial charge in [0.1, 0.15) is 18.3 Å². The number of nitrogens with one attached hydrogen (secondary N) is 1. The van der Waals surface area contributed by atoms with Gasteiger partial charge >= 0.3 is 6.18 Å². The molecule has 4 atom stereocenters. The van der Waals surface area contributed by atoms with E-state index in [9.17, 15) is 22.7 Å². The number of anilines is 1. The third-order valence-corrected chi connectivity index (χ3v) is 6.10. The van der Waals surface area contributed by atoms with Crippen molar-refractivity contribution >= 4 is 5.95 Å². The standard InChI is InChI=1S/C21H19F4N5O2/c22-14-3-1-2-13(18-26-4-5-32-18)17(14)19(31)30-10-11-6-15(16(30)7-11)29-20-27-8-12(9-28-20)21(23,24)25/h1-5,8-9,11,15-16,19,31H,6-7,10H2,(H,27,28,29). The lowest BCUT2D eigenvalue weighted by Gasteiger charge is -2.37. The highest BCUT2D eigenvalue weighted by molar-refractivity contribution is 5.59. The van der Waals surface area contributed by atoms with Gasteiger partial charge in [0, 0.05) is 42.1 Å². The van der Waals surface area contributed by atoms with Gasteiger partial charge in [-0.15, -0.1) is 0 Å². The van der Waals surface area contributed by atoms with Gasteiger partial charge in [-0.2, -0.15) is 13.2 Å². The lowest BCUT2D eigenvalue weighted by Crippen LogP contribution is -2.47. The highest BCUT2D eigenvalue weighted by atomic mass is 19.4. The fourth-order valence-corrected chi connectivity index (χ4v) is 4.73. The molecule has 168 valence electrons. The summed E-state index contributed by atoms with van der Waals surface area (Å²) in [4.78, 5) is 13.4. The molecule has 0 amide bonds. The van der Waals surface area contributed by atoms with Crippen molar-refractivity contribution in [1.82, 2.24) is 19.9 Å². The van der Waals surface area contributed by atoms with Crippen LogP contribution in [0.1, 0.15) is 30.2 Å². The van der Waals surface area contributed by atoms with E-state index >= 15 is 0 Å². The number of nitrogens with zero attached hydrogens (tertiary/aromatic N) is 4. The second kappa shape index (κ2) is 7.82. The van der Waals surface area contributed by atoms with Crippen molar-refractivity contribution in [3.63, 3.8) is 0 Å². The molecule has 2 aliphatic rings. The van der Waals surface area contributed by atoms with Crippen LogP contribution >= 0.6 is 0 Å². The summed E-state index contributed by atoms with van der Waals surface area (Å²) < 4.78 is 58.3. The number of halogens is 4. The van der Waals surface area contributed by atoms with E-state index in [-0.39, 0.29) is 35.4 Å². The normalized spacial score (nSPS) is 24.1. The molecule has 2 fully saturated rings. The van der Waals surface area contributed by atoms with Crippen LogP contribution in [0.3, 0.4) is 0 Å². The maximum atomic E-state index is 14.8. The Hall–Kier alpha value is -3.05. The first-order valence-corrected chi connectivity index (χ1v) is 10.1. The van der Waals surface area contributed by atoms with Crippen LogP contribution in [0.2, 0.25) is 0 Å². The molecule has 3 heterocycles. The molecule has 2 aromatic heterocycles. The Balaban J connectivity index is 1.37. The van der Waals surface area contributed by atoms with E-state index in [1.54, 1.807) is 11.0 Å². The topological polar surface area (TPSA) is 87.3 Å². The summed E-state index contributed by atoms with van der Waals surface area (Å²) in [6, 6.07) is 4.06. The minimum Gasteiger partial charge on any atom is -0.445 e. The van der Waals surface area contributed by atoms with Crippen molar-refractivity contribution in [2.45, 2.75) is 37.3 Å². The Bertz CT molecular complexity index is 1090. The van der Waals surface area contributed by atoms with E-state index in [4.69, 9.17) is 4.42 Å². The number of rotatable bonds is 5. The molecule has 7 nitrogen and oxygen atoms in total. The van der Waals surface area contributed by atoms with Gasteiger partial charge in [0.25, 0.3) is 0 Å². The van der Waals surface area contributed by atoms with Gasteiger partial charge in [0.05, 0.1) is 11.8 Å². The van der Waals surface area contributed by atoms with Gasteiger partial charge < -0.3 is 14.8 Å². The number of piperidine rings is 1. The quantitative estimate of drug-likeness (QED) is 0.572. The molecule has 0 spiro atoms. The summed E-state index contributed by atoms with van der Waals surface area (Å²) >= 11 is 0. The number of likely N-dealkylation sites (tertiary alicyclic amines) is 1. The fraction of sp³-hybridized carbons (Fsp3) is 0.381. The van der Waals surface area contributed by atoms with Crippen molar-refractivity contribution < 1.29 is 27.1 Å². The number of benzene rings is 1. The predicted octanol–water partition coefficient (Wildman–Crippen LogP) is 3.86. The summed E-state index contributed by atoms with van der Waals surface area (Å²) in [5.74, 6) is -0.0443. The molecule has 3 aromatic rings. The molecule has 0 radical (unpaired) electrons. The third-order valence-electron chi connectivity index (χ3n) is 6.10.